The maximum atomic E-state index is 12.1. The Bertz CT molecular complexity index is 881. The molecule has 2 aromatic rings. The van der Waals surface area contributed by atoms with E-state index < -0.39 is 0 Å². The smallest absolute Gasteiger partial charge is 0.306 e. The Hall–Kier alpha value is -3.07. The molecule has 0 amide bonds. The zero-order chi connectivity index (χ0) is 24.1. The first kappa shape index (κ1) is 27.2. The van der Waals surface area contributed by atoms with Gasteiger partial charge in [-0.15, -0.1) is 0 Å². The number of hydrogen-bond acceptors (Lipinski definition) is 3. The van der Waals surface area contributed by atoms with E-state index in [-0.39, 0.29) is 12.6 Å². The number of carbonyl (C=O) groups excluding carboxylic acids is 1. The van der Waals surface area contributed by atoms with Crippen LogP contribution in [0.25, 0.3) is 0 Å². The van der Waals surface area contributed by atoms with Crippen LogP contribution in [0.5, 0.6) is 11.5 Å². The first-order valence-corrected chi connectivity index (χ1v) is 12.7. The molecule has 3 heteroatoms. The Morgan fingerprint density at radius 3 is 2.18 bits per heavy atom. The molecular formula is C31H40O3. The average Bonchev–Trinajstić information content (AvgIpc) is 2.86. The van der Waals surface area contributed by atoms with Crippen LogP contribution in [0.1, 0.15) is 76.7 Å². The van der Waals surface area contributed by atoms with E-state index in [1.165, 1.54) is 32.1 Å². The third-order valence-corrected chi connectivity index (χ3v) is 5.36. The monoisotopic (exact) mass is 460 g/mol. The number of unbranched alkanes of at least 4 members (excludes halogenated alkanes) is 7. The molecule has 3 nitrogen and oxygen atoms in total. The number of para-hydroxylation sites is 1. The molecule has 34 heavy (non-hydrogen) atoms. The molecule has 0 saturated heterocycles. The normalized spacial score (nSPS) is 11.6. The van der Waals surface area contributed by atoms with E-state index in [0.717, 1.165) is 42.7 Å². The van der Waals surface area contributed by atoms with Crippen LogP contribution in [0.15, 0.2) is 91.1 Å². The van der Waals surface area contributed by atoms with Crippen LogP contribution in [0, 0.1) is 0 Å². The van der Waals surface area contributed by atoms with Crippen molar-refractivity contribution in [1.82, 2.24) is 0 Å². The van der Waals surface area contributed by atoms with Crippen molar-refractivity contribution in [2.45, 2.75) is 77.7 Å². The Labute approximate surface area is 206 Å². The van der Waals surface area contributed by atoms with Gasteiger partial charge in [0.15, 0.2) is 0 Å². The molecule has 0 spiro atoms. The number of ether oxygens (including phenoxy) is 2. The highest BCUT2D eigenvalue weighted by Crippen LogP contribution is 2.22. The Kier molecular flexibility index (Phi) is 14.7. The summed E-state index contributed by atoms with van der Waals surface area (Å²) in [6, 6.07) is 17.3. The van der Waals surface area contributed by atoms with Crippen molar-refractivity contribution >= 4 is 5.97 Å². The fraction of sp³-hybridized carbons (Fsp3) is 0.387. The Balaban J connectivity index is 1.48. The summed E-state index contributed by atoms with van der Waals surface area (Å²) in [7, 11) is 0. The van der Waals surface area contributed by atoms with Crippen molar-refractivity contribution in [3.8, 4) is 11.5 Å². The molecule has 2 rings (SSSR count). The van der Waals surface area contributed by atoms with Crippen molar-refractivity contribution < 1.29 is 14.3 Å². The molecule has 2 aromatic carbocycles. The highest BCUT2D eigenvalue weighted by Gasteiger charge is 2.05. The summed E-state index contributed by atoms with van der Waals surface area (Å²) in [6.07, 6.45) is 23.7. The highest BCUT2D eigenvalue weighted by molar-refractivity contribution is 5.69. The lowest BCUT2D eigenvalue weighted by Crippen LogP contribution is -2.04. The summed E-state index contributed by atoms with van der Waals surface area (Å²) in [4.78, 5) is 12.1. The predicted octanol–water partition coefficient (Wildman–Crippen LogP) is 9.11. The zero-order valence-electron chi connectivity index (χ0n) is 20.7. The molecule has 0 saturated carbocycles. The number of allylic oxidation sites excluding steroid dienone is 6. The van der Waals surface area contributed by atoms with Gasteiger partial charge in [-0.25, -0.2) is 0 Å². The van der Waals surface area contributed by atoms with Crippen molar-refractivity contribution in [2.75, 3.05) is 0 Å². The fourth-order valence-corrected chi connectivity index (χ4v) is 3.42. The molecule has 0 aromatic heterocycles. The van der Waals surface area contributed by atoms with Gasteiger partial charge in [0.1, 0.15) is 18.1 Å². The van der Waals surface area contributed by atoms with Crippen molar-refractivity contribution in [3.63, 3.8) is 0 Å². The molecule has 0 aliphatic rings. The van der Waals surface area contributed by atoms with Gasteiger partial charge in [0, 0.05) is 6.42 Å². The number of hydrogen-bond donors (Lipinski definition) is 0. The zero-order valence-corrected chi connectivity index (χ0v) is 20.7. The molecule has 0 radical (unpaired) electrons. The molecule has 0 atom stereocenters. The summed E-state index contributed by atoms with van der Waals surface area (Å²) in [5.41, 5.74) is 0.928. The van der Waals surface area contributed by atoms with Gasteiger partial charge >= 0.3 is 5.97 Å². The van der Waals surface area contributed by atoms with Gasteiger partial charge < -0.3 is 9.47 Å². The summed E-state index contributed by atoms with van der Waals surface area (Å²) < 4.78 is 11.3. The number of carbonyl (C=O) groups is 1. The van der Waals surface area contributed by atoms with Crippen LogP contribution < -0.4 is 4.74 Å². The fourth-order valence-electron chi connectivity index (χ4n) is 3.42. The van der Waals surface area contributed by atoms with Crippen LogP contribution in [-0.4, -0.2) is 5.97 Å². The van der Waals surface area contributed by atoms with Crippen molar-refractivity contribution in [3.05, 3.63) is 96.6 Å². The second-order valence-electron chi connectivity index (χ2n) is 8.41. The molecule has 182 valence electrons. The quantitative estimate of drug-likeness (QED) is 0.134. The summed E-state index contributed by atoms with van der Waals surface area (Å²) >= 11 is 0. The second kappa shape index (κ2) is 18.4. The molecule has 0 fully saturated rings. The first-order valence-electron chi connectivity index (χ1n) is 12.7. The topological polar surface area (TPSA) is 35.5 Å². The van der Waals surface area contributed by atoms with E-state index in [4.69, 9.17) is 9.47 Å². The Morgan fingerprint density at radius 1 is 0.735 bits per heavy atom. The predicted molar refractivity (Wildman–Crippen MR) is 142 cm³/mol. The van der Waals surface area contributed by atoms with Crippen molar-refractivity contribution in [1.29, 1.82) is 0 Å². The highest BCUT2D eigenvalue weighted by atomic mass is 16.5. The van der Waals surface area contributed by atoms with E-state index in [2.05, 4.69) is 43.4 Å². The first-order chi connectivity index (χ1) is 16.8. The molecule has 0 N–H and O–H groups in total. The van der Waals surface area contributed by atoms with E-state index in [1.807, 2.05) is 54.6 Å². The van der Waals surface area contributed by atoms with Gasteiger partial charge in [-0.05, 0) is 55.5 Å². The SMILES string of the molecule is CCCC/C=C/C=C/C=C\CCCCCCCC(=O)OCc1cccc(Oc2ccccc2)c1. The average molecular weight is 461 g/mol. The van der Waals surface area contributed by atoms with Crippen LogP contribution in [-0.2, 0) is 16.1 Å². The third-order valence-electron chi connectivity index (χ3n) is 5.36. The summed E-state index contributed by atoms with van der Waals surface area (Å²) in [6.45, 7) is 2.49. The van der Waals surface area contributed by atoms with Crippen LogP contribution in [0.2, 0.25) is 0 Å². The molecule has 0 heterocycles. The van der Waals surface area contributed by atoms with E-state index in [1.54, 1.807) is 0 Å². The van der Waals surface area contributed by atoms with Gasteiger partial charge in [0.25, 0.3) is 0 Å². The number of benzene rings is 2. The minimum atomic E-state index is -0.132. The lowest BCUT2D eigenvalue weighted by atomic mass is 10.1. The van der Waals surface area contributed by atoms with Gasteiger partial charge in [0.2, 0.25) is 0 Å². The number of rotatable bonds is 17. The maximum absolute atomic E-state index is 12.1. The second-order valence-corrected chi connectivity index (χ2v) is 8.41. The van der Waals surface area contributed by atoms with E-state index >= 15 is 0 Å². The molecule has 0 unspecified atom stereocenters. The lowest BCUT2D eigenvalue weighted by Gasteiger charge is -2.08. The minimum absolute atomic E-state index is 0.132. The number of esters is 1. The van der Waals surface area contributed by atoms with Gasteiger partial charge in [0.05, 0.1) is 0 Å². The van der Waals surface area contributed by atoms with Gasteiger partial charge in [-0.3, -0.25) is 4.79 Å². The van der Waals surface area contributed by atoms with Gasteiger partial charge in [-0.1, -0.05) is 106 Å². The lowest BCUT2D eigenvalue weighted by molar-refractivity contribution is -0.145. The summed E-state index contributed by atoms with van der Waals surface area (Å²) in [5, 5.41) is 0. The summed E-state index contributed by atoms with van der Waals surface area (Å²) in [5.74, 6) is 1.40. The maximum Gasteiger partial charge on any atom is 0.306 e. The van der Waals surface area contributed by atoms with Crippen LogP contribution >= 0.6 is 0 Å². The van der Waals surface area contributed by atoms with E-state index in [9.17, 15) is 4.79 Å². The third kappa shape index (κ3) is 13.5. The minimum Gasteiger partial charge on any atom is -0.461 e. The molecule has 0 aliphatic carbocycles. The molecule has 0 aliphatic heterocycles. The molecular weight excluding hydrogens is 420 g/mol. The van der Waals surface area contributed by atoms with Gasteiger partial charge in [-0.2, -0.15) is 0 Å². The van der Waals surface area contributed by atoms with Crippen LogP contribution in [0.3, 0.4) is 0 Å². The largest absolute Gasteiger partial charge is 0.461 e. The molecule has 0 bridgehead atoms. The van der Waals surface area contributed by atoms with Crippen molar-refractivity contribution in [2.24, 2.45) is 0 Å². The van der Waals surface area contributed by atoms with E-state index in [0.29, 0.717) is 6.42 Å². The Morgan fingerprint density at radius 2 is 1.41 bits per heavy atom. The van der Waals surface area contributed by atoms with Crippen LogP contribution in [0.4, 0.5) is 0 Å². The standard InChI is InChI=1S/C31H40O3/c1-2-3-4-5-6-7-8-9-10-11-12-13-14-15-19-25-31(32)33-27-28-21-20-24-30(26-28)34-29-22-17-16-18-23-29/h5-10,16-18,20-24,26H,2-4,11-15,19,25,27H2,1H3/b6-5+,8-7+,10-9-.